The summed E-state index contributed by atoms with van der Waals surface area (Å²) >= 11 is 0. The van der Waals surface area contributed by atoms with Crippen molar-refractivity contribution >= 4 is 18.3 Å². The molecule has 1 heterocycles. The average molecular weight is 320 g/mol. The van der Waals surface area contributed by atoms with Gasteiger partial charge in [0.05, 0.1) is 12.0 Å². The van der Waals surface area contributed by atoms with Crippen LogP contribution < -0.4 is 10.6 Å². The largest absolute Gasteiger partial charge is 0.354 e. The number of benzene rings is 1. The normalized spacial score (nSPS) is 16.0. The lowest BCUT2D eigenvalue weighted by Gasteiger charge is -2.29. The predicted molar refractivity (Wildman–Crippen MR) is 79.4 cm³/mol. The SMILES string of the molecule is CN(C)C(CNC(=O)C1CNC1)c1c(F)cccc1F.Cl. The van der Waals surface area contributed by atoms with E-state index in [4.69, 9.17) is 0 Å². The lowest BCUT2D eigenvalue weighted by Crippen LogP contribution is -2.51. The molecule has 1 aromatic carbocycles. The summed E-state index contributed by atoms with van der Waals surface area (Å²) in [6.07, 6.45) is 0. The molecule has 1 aromatic rings. The summed E-state index contributed by atoms with van der Waals surface area (Å²) in [6, 6.07) is 3.26. The fourth-order valence-corrected chi connectivity index (χ4v) is 2.19. The van der Waals surface area contributed by atoms with Crippen molar-refractivity contribution in [3.05, 3.63) is 35.4 Å². The van der Waals surface area contributed by atoms with E-state index >= 15 is 0 Å². The third-order valence-electron chi connectivity index (χ3n) is 3.58. The van der Waals surface area contributed by atoms with E-state index in [0.717, 1.165) is 0 Å². The molecule has 7 heteroatoms. The molecule has 4 nitrogen and oxygen atoms in total. The molecule has 2 rings (SSSR count). The third kappa shape index (κ3) is 4.12. The highest BCUT2D eigenvalue weighted by Gasteiger charge is 2.27. The number of amides is 1. The molecule has 1 atom stereocenters. The Morgan fingerprint density at radius 2 is 1.95 bits per heavy atom. The van der Waals surface area contributed by atoms with Crippen LogP contribution in [0.25, 0.3) is 0 Å². The van der Waals surface area contributed by atoms with Gasteiger partial charge in [-0.15, -0.1) is 12.4 Å². The number of hydrogen-bond donors (Lipinski definition) is 2. The van der Waals surface area contributed by atoms with Gasteiger partial charge in [0.1, 0.15) is 11.6 Å². The molecule has 1 amide bonds. The van der Waals surface area contributed by atoms with Crippen molar-refractivity contribution in [3.8, 4) is 0 Å². The van der Waals surface area contributed by atoms with E-state index in [2.05, 4.69) is 10.6 Å². The Morgan fingerprint density at radius 3 is 2.38 bits per heavy atom. The smallest absolute Gasteiger partial charge is 0.225 e. The standard InChI is InChI=1S/C14H19F2N3O.ClH/c1-19(2)12(8-18-14(20)9-6-17-7-9)13-10(15)4-3-5-11(13)16;/h3-5,9,12,17H,6-8H2,1-2H3,(H,18,20);1H. The lowest BCUT2D eigenvalue weighted by molar-refractivity contribution is -0.126. The van der Waals surface area contributed by atoms with Crippen LogP contribution in [0.2, 0.25) is 0 Å². The molecule has 2 N–H and O–H groups in total. The Bertz CT molecular complexity index is 475. The van der Waals surface area contributed by atoms with Crippen LogP contribution in [0.3, 0.4) is 0 Å². The van der Waals surface area contributed by atoms with Gasteiger partial charge in [-0.25, -0.2) is 8.78 Å². The molecule has 0 saturated carbocycles. The Kier molecular flexibility index (Phi) is 6.51. The Morgan fingerprint density at radius 1 is 1.38 bits per heavy atom. The number of carbonyl (C=O) groups excluding carboxylic acids is 1. The Hall–Kier alpha value is -1.24. The molecule has 21 heavy (non-hydrogen) atoms. The number of nitrogens with one attached hydrogen (secondary N) is 2. The van der Waals surface area contributed by atoms with Crippen LogP contribution in [0.1, 0.15) is 11.6 Å². The van der Waals surface area contributed by atoms with E-state index in [-0.39, 0.29) is 36.3 Å². The van der Waals surface area contributed by atoms with E-state index < -0.39 is 17.7 Å². The fraction of sp³-hybridized carbons (Fsp3) is 0.500. The first-order valence-corrected chi connectivity index (χ1v) is 6.59. The van der Waals surface area contributed by atoms with Crippen LogP contribution >= 0.6 is 12.4 Å². The molecule has 0 bridgehead atoms. The Labute approximate surface area is 129 Å². The van der Waals surface area contributed by atoms with E-state index in [9.17, 15) is 13.6 Å². The maximum atomic E-state index is 13.8. The summed E-state index contributed by atoms with van der Waals surface area (Å²) in [5.41, 5.74) is -0.00969. The topological polar surface area (TPSA) is 44.4 Å². The number of carbonyl (C=O) groups is 1. The zero-order chi connectivity index (χ0) is 14.7. The molecule has 1 unspecified atom stereocenters. The van der Waals surface area contributed by atoms with Gasteiger partial charge < -0.3 is 15.5 Å². The van der Waals surface area contributed by atoms with Crippen LogP contribution in [0.4, 0.5) is 8.78 Å². The second-order valence-electron chi connectivity index (χ2n) is 5.22. The van der Waals surface area contributed by atoms with Crippen LogP contribution in [0, 0.1) is 17.6 Å². The third-order valence-corrected chi connectivity index (χ3v) is 3.58. The highest BCUT2D eigenvalue weighted by atomic mass is 35.5. The number of rotatable bonds is 5. The van der Waals surface area contributed by atoms with E-state index in [1.807, 2.05) is 0 Å². The van der Waals surface area contributed by atoms with Gasteiger partial charge in [-0.1, -0.05) is 6.07 Å². The molecule has 1 aliphatic rings. The van der Waals surface area contributed by atoms with E-state index in [0.29, 0.717) is 13.1 Å². The summed E-state index contributed by atoms with van der Waals surface area (Å²) in [5.74, 6) is -1.30. The van der Waals surface area contributed by atoms with Crippen molar-refractivity contribution in [2.75, 3.05) is 33.7 Å². The molecular formula is C14H20ClF2N3O. The van der Waals surface area contributed by atoms with Gasteiger partial charge >= 0.3 is 0 Å². The average Bonchev–Trinajstić information content (AvgIpc) is 2.30. The van der Waals surface area contributed by atoms with Crippen LogP contribution in [0.15, 0.2) is 18.2 Å². The minimum absolute atomic E-state index is 0. The van der Waals surface area contributed by atoms with Crippen LogP contribution in [0.5, 0.6) is 0 Å². The maximum absolute atomic E-state index is 13.8. The summed E-state index contributed by atoms with van der Waals surface area (Å²) < 4.78 is 27.7. The zero-order valence-corrected chi connectivity index (χ0v) is 12.8. The highest BCUT2D eigenvalue weighted by molar-refractivity contribution is 5.85. The number of halogens is 3. The van der Waals surface area contributed by atoms with Crippen molar-refractivity contribution in [1.29, 1.82) is 0 Å². The number of nitrogens with zero attached hydrogens (tertiary/aromatic N) is 1. The molecule has 1 saturated heterocycles. The van der Waals surface area contributed by atoms with Gasteiger partial charge in [0.15, 0.2) is 0 Å². The molecule has 1 fully saturated rings. The van der Waals surface area contributed by atoms with E-state index in [1.165, 1.54) is 18.2 Å². The number of likely N-dealkylation sites (N-methyl/N-ethyl adjacent to an activating group) is 1. The minimum atomic E-state index is -0.594. The molecular weight excluding hydrogens is 300 g/mol. The number of hydrogen-bond acceptors (Lipinski definition) is 3. The Balaban J connectivity index is 0.00000220. The van der Waals surface area contributed by atoms with Crippen molar-refractivity contribution in [3.63, 3.8) is 0 Å². The molecule has 1 aliphatic heterocycles. The van der Waals surface area contributed by atoms with Gasteiger partial charge in [-0.3, -0.25) is 4.79 Å². The summed E-state index contributed by atoms with van der Waals surface area (Å²) in [7, 11) is 3.46. The van der Waals surface area contributed by atoms with Gasteiger partial charge in [-0.2, -0.15) is 0 Å². The van der Waals surface area contributed by atoms with Gasteiger partial charge in [-0.05, 0) is 26.2 Å². The fourth-order valence-electron chi connectivity index (χ4n) is 2.19. The van der Waals surface area contributed by atoms with E-state index in [1.54, 1.807) is 19.0 Å². The lowest BCUT2D eigenvalue weighted by atomic mass is 10.0. The van der Waals surface area contributed by atoms with Crippen molar-refractivity contribution in [2.24, 2.45) is 5.92 Å². The van der Waals surface area contributed by atoms with Gasteiger partial charge in [0, 0.05) is 25.2 Å². The second kappa shape index (κ2) is 7.68. The van der Waals surface area contributed by atoms with Crippen molar-refractivity contribution < 1.29 is 13.6 Å². The molecule has 0 aromatic heterocycles. The summed E-state index contributed by atoms with van der Waals surface area (Å²) in [6.45, 7) is 1.50. The summed E-state index contributed by atoms with van der Waals surface area (Å²) in [5, 5.41) is 5.78. The van der Waals surface area contributed by atoms with Crippen LogP contribution in [-0.2, 0) is 4.79 Å². The quantitative estimate of drug-likeness (QED) is 0.860. The zero-order valence-electron chi connectivity index (χ0n) is 12.0. The minimum Gasteiger partial charge on any atom is -0.354 e. The van der Waals surface area contributed by atoms with Crippen molar-refractivity contribution in [1.82, 2.24) is 15.5 Å². The summed E-state index contributed by atoms with van der Waals surface area (Å²) in [4.78, 5) is 13.5. The monoisotopic (exact) mass is 319 g/mol. The molecule has 0 spiro atoms. The first-order valence-electron chi connectivity index (χ1n) is 6.59. The molecule has 118 valence electrons. The first kappa shape index (κ1) is 17.8. The highest BCUT2D eigenvalue weighted by Crippen LogP contribution is 2.24. The second-order valence-corrected chi connectivity index (χ2v) is 5.22. The maximum Gasteiger partial charge on any atom is 0.225 e. The van der Waals surface area contributed by atoms with Crippen LogP contribution in [-0.4, -0.2) is 44.5 Å². The molecule has 0 aliphatic carbocycles. The predicted octanol–water partition coefficient (Wildman–Crippen LogP) is 1.32. The molecule has 0 radical (unpaired) electrons. The van der Waals surface area contributed by atoms with Gasteiger partial charge in [0.2, 0.25) is 5.91 Å². The van der Waals surface area contributed by atoms with Crippen molar-refractivity contribution in [2.45, 2.75) is 6.04 Å². The first-order chi connectivity index (χ1) is 9.50. The van der Waals surface area contributed by atoms with Gasteiger partial charge in [0.25, 0.3) is 0 Å².